The molecule has 0 aliphatic carbocycles. The van der Waals surface area contributed by atoms with Gasteiger partial charge in [-0.15, -0.1) is 0 Å². The molecule has 2 rings (SSSR count). The van der Waals surface area contributed by atoms with Crippen LogP contribution in [0.4, 0.5) is 0 Å². The van der Waals surface area contributed by atoms with Crippen molar-refractivity contribution in [1.29, 1.82) is 0 Å². The van der Waals surface area contributed by atoms with Gasteiger partial charge < -0.3 is 0 Å². The van der Waals surface area contributed by atoms with Gasteiger partial charge in [-0.05, 0) is 34.7 Å². The molecule has 0 aliphatic rings. The second-order valence-corrected chi connectivity index (χ2v) is 4.43. The van der Waals surface area contributed by atoms with Crippen LogP contribution in [-0.2, 0) is 12.8 Å². The van der Waals surface area contributed by atoms with Crippen LogP contribution in [0.25, 0.3) is 10.8 Å². The summed E-state index contributed by atoms with van der Waals surface area (Å²) in [7, 11) is 0. The predicted molar refractivity (Wildman–Crippen MR) is 71.9 cm³/mol. The molecule has 16 heavy (non-hydrogen) atoms. The molecule has 2 aromatic carbocycles. The summed E-state index contributed by atoms with van der Waals surface area (Å²) < 4.78 is 0. The summed E-state index contributed by atoms with van der Waals surface area (Å²) in [5, 5.41) is 2.91. The van der Waals surface area contributed by atoms with Crippen LogP contribution >= 0.6 is 0 Å². The molecule has 0 nitrogen and oxygen atoms in total. The molecule has 0 amide bonds. The maximum Gasteiger partial charge on any atom is -0.0120 e. The Bertz CT molecular complexity index is 428. The van der Waals surface area contributed by atoms with Gasteiger partial charge in [0.1, 0.15) is 0 Å². The van der Waals surface area contributed by atoms with E-state index in [4.69, 9.17) is 0 Å². The third-order valence-electron chi connectivity index (χ3n) is 3.12. The van der Waals surface area contributed by atoms with Gasteiger partial charge in [0.15, 0.2) is 0 Å². The minimum Gasteiger partial charge on any atom is -0.0651 e. The molecular formula is C16H20. The van der Waals surface area contributed by atoms with Crippen molar-refractivity contribution in [1.82, 2.24) is 0 Å². The molecule has 0 saturated heterocycles. The molecule has 0 heterocycles. The van der Waals surface area contributed by atoms with E-state index >= 15 is 0 Å². The molecule has 0 N–H and O–H groups in total. The van der Waals surface area contributed by atoms with E-state index in [0.717, 1.165) is 0 Å². The number of benzene rings is 2. The molecule has 0 atom stereocenters. The molecule has 0 spiro atoms. The maximum absolute atomic E-state index is 2.28. The van der Waals surface area contributed by atoms with Crippen LogP contribution in [0.15, 0.2) is 36.4 Å². The molecule has 84 valence electrons. The Labute approximate surface area is 98.3 Å². The Balaban J connectivity index is 2.61. The minimum absolute atomic E-state index is 1.19. The molecule has 0 aliphatic heterocycles. The van der Waals surface area contributed by atoms with Gasteiger partial charge in [-0.2, -0.15) is 0 Å². The number of hydrogen-bond acceptors (Lipinski definition) is 0. The van der Waals surface area contributed by atoms with Crippen LogP contribution in [0.2, 0.25) is 0 Å². The Morgan fingerprint density at radius 3 is 1.69 bits per heavy atom. The molecule has 0 radical (unpaired) electrons. The lowest BCUT2D eigenvalue weighted by Crippen LogP contribution is -1.92. The Hall–Kier alpha value is -1.30. The van der Waals surface area contributed by atoms with Crippen LogP contribution < -0.4 is 0 Å². The summed E-state index contributed by atoms with van der Waals surface area (Å²) in [6.45, 7) is 4.50. The first-order valence-corrected chi connectivity index (χ1v) is 6.36. The van der Waals surface area contributed by atoms with Crippen molar-refractivity contribution < 1.29 is 0 Å². The maximum atomic E-state index is 2.28. The quantitative estimate of drug-likeness (QED) is 0.686. The van der Waals surface area contributed by atoms with Crippen LogP contribution in [0.5, 0.6) is 0 Å². The Morgan fingerprint density at radius 2 is 1.25 bits per heavy atom. The molecule has 0 heteroatoms. The third kappa shape index (κ3) is 2.11. The Kier molecular flexibility index (Phi) is 3.61. The summed E-state index contributed by atoms with van der Waals surface area (Å²) in [4.78, 5) is 0. The standard InChI is InChI=1S/C16H20/c1-3-7-13-9-5-11-15-12-6-10-14(8-4-2)16(13)15/h5-6,9-12H,3-4,7-8H2,1-2H3. The molecule has 2 aromatic rings. The SMILES string of the molecule is CCCc1cccc2cccc(CCC)c12. The third-order valence-corrected chi connectivity index (χ3v) is 3.12. The predicted octanol–water partition coefficient (Wildman–Crippen LogP) is 4.74. The van der Waals surface area contributed by atoms with Crippen molar-refractivity contribution in [2.75, 3.05) is 0 Å². The summed E-state index contributed by atoms with van der Waals surface area (Å²) >= 11 is 0. The van der Waals surface area contributed by atoms with Crippen molar-refractivity contribution in [3.05, 3.63) is 47.5 Å². The van der Waals surface area contributed by atoms with Gasteiger partial charge in [-0.1, -0.05) is 63.1 Å². The van der Waals surface area contributed by atoms with Crippen molar-refractivity contribution in [3.63, 3.8) is 0 Å². The van der Waals surface area contributed by atoms with Gasteiger partial charge in [0.2, 0.25) is 0 Å². The number of rotatable bonds is 4. The monoisotopic (exact) mass is 212 g/mol. The minimum atomic E-state index is 1.19. The van der Waals surface area contributed by atoms with Gasteiger partial charge in [-0.3, -0.25) is 0 Å². The van der Waals surface area contributed by atoms with Gasteiger partial charge in [0, 0.05) is 0 Å². The highest BCUT2D eigenvalue weighted by atomic mass is 14.1. The van der Waals surface area contributed by atoms with Crippen molar-refractivity contribution >= 4 is 10.8 Å². The lowest BCUT2D eigenvalue weighted by atomic mass is 9.95. The first-order valence-electron chi connectivity index (χ1n) is 6.36. The Morgan fingerprint density at radius 1 is 0.750 bits per heavy atom. The summed E-state index contributed by atoms with van der Waals surface area (Å²) in [6, 6.07) is 13.4. The van der Waals surface area contributed by atoms with E-state index < -0.39 is 0 Å². The van der Waals surface area contributed by atoms with Gasteiger partial charge >= 0.3 is 0 Å². The van der Waals surface area contributed by atoms with Crippen LogP contribution in [-0.4, -0.2) is 0 Å². The van der Waals surface area contributed by atoms with E-state index in [0.29, 0.717) is 0 Å². The van der Waals surface area contributed by atoms with E-state index in [2.05, 4.69) is 50.2 Å². The van der Waals surface area contributed by atoms with E-state index in [9.17, 15) is 0 Å². The molecular weight excluding hydrogens is 192 g/mol. The van der Waals surface area contributed by atoms with Crippen molar-refractivity contribution in [3.8, 4) is 0 Å². The molecule has 0 saturated carbocycles. The van der Waals surface area contributed by atoms with Crippen LogP contribution in [0, 0.1) is 0 Å². The second kappa shape index (κ2) is 5.16. The molecule has 0 unspecified atom stereocenters. The average molecular weight is 212 g/mol. The first kappa shape index (κ1) is 11.2. The van der Waals surface area contributed by atoms with Crippen molar-refractivity contribution in [2.45, 2.75) is 39.5 Å². The van der Waals surface area contributed by atoms with Crippen LogP contribution in [0.3, 0.4) is 0 Å². The van der Waals surface area contributed by atoms with E-state index in [1.54, 1.807) is 0 Å². The summed E-state index contributed by atoms with van der Waals surface area (Å²) in [5.74, 6) is 0. The van der Waals surface area contributed by atoms with Crippen LogP contribution in [0.1, 0.15) is 37.8 Å². The normalized spacial score (nSPS) is 10.9. The van der Waals surface area contributed by atoms with E-state index in [-0.39, 0.29) is 0 Å². The molecule has 0 aromatic heterocycles. The highest BCUT2D eigenvalue weighted by molar-refractivity contribution is 5.88. The lowest BCUT2D eigenvalue weighted by molar-refractivity contribution is 0.912. The molecule has 0 bridgehead atoms. The van der Waals surface area contributed by atoms with Gasteiger partial charge in [0.25, 0.3) is 0 Å². The zero-order valence-electron chi connectivity index (χ0n) is 10.3. The van der Waals surface area contributed by atoms with Gasteiger partial charge in [-0.25, -0.2) is 0 Å². The average Bonchev–Trinajstić information content (AvgIpc) is 2.30. The van der Waals surface area contributed by atoms with E-state index in [1.807, 2.05) is 0 Å². The van der Waals surface area contributed by atoms with Crippen molar-refractivity contribution in [2.24, 2.45) is 0 Å². The number of aryl methyl sites for hydroxylation is 2. The smallest absolute Gasteiger partial charge is 0.0120 e. The number of fused-ring (bicyclic) bond motifs is 1. The number of hydrogen-bond donors (Lipinski definition) is 0. The fourth-order valence-corrected chi connectivity index (χ4v) is 2.46. The molecule has 0 fully saturated rings. The lowest BCUT2D eigenvalue weighted by Gasteiger charge is -2.10. The first-order chi connectivity index (χ1) is 7.86. The fourth-order valence-electron chi connectivity index (χ4n) is 2.46. The zero-order chi connectivity index (χ0) is 11.4. The van der Waals surface area contributed by atoms with E-state index in [1.165, 1.54) is 47.6 Å². The topological polar surface area (TPSA) is 0 Å². The summed E-state index contributed by atoms with van der Waals surface area (Å²) in [6.07, 6.45) is 4.83. The zero-order valence-corrected chi connectivity index (χ0v) is 10.3. The van der Waals surface area contributed by atoms with Gasteiger partial charge in [0.05, 0.1) is 0 Å². The second-order valence-electron chi connectivity index (χ2n) is 4.43. The highest BCUT2D eigenvalue weighted by Gasteiger charge is 2.04. The summed E-state index contributed by atoms with van der Waals surface area (Å²) in [5.41, 5.74) is 3.04. The highest BCUT2D eigenvalue weighted by Crippen LogP contribution is 2.25. The largest absolute Gasteiger partial charge is 0.0651 e. The fraction of sp³-hybridized carbons (Fsp3) is 0.375.